The van der Waals surface area contributed by atoms with Crippen molar-refractivity contribution in [3.63, 3.8) is 0 Å². The Labute approximate surface area is 90.9 Å². The third-order valence-corrected chi connectivity index (χ3v) is 2.54. The fourth-order valence-corrected chi connectivity index (χ4v) is 1.46. The van der Waals surface area contributed by atoms with Gasteiger partial charge in [-0.25, -0.2) is 0 Å². The molecule has 84 valence electrons. The third kappa shape index (κ3) is 3.53. The molecule has 2 atom stereocenters. The largest absolute Gasteiger partial charge is 0.497 e. The van der Waals surface area contributed by atoms with Crippen molar-refractivity contribution in [3.05, 3.63) is 29.8 Å². The molecule has 0 fully saturated rings. The molecule has 2 unspecified atom stereocenters. The highest BCUT2D eigenvalue weighted by molar-refractivity contribution is 5.28. The minimum atomic E-state index is -0.484. The third-order valence-electron chi connectivity index (χ3n) is 2.54. The minimum absolute atomic E-state index is 0.156. The van der Waals surface area contributed by atoms with E-state index in [4.69, 9.17) is 10.5 Å². The molecule has 0 saturated carbocycles. The SMILES string of the molecule is CCC(N)C(O)Cc1cccc(OC)c1. The lowest BCUT2D eigenvalue weighted by Crippen LogP contribution is -2.35. The van der Waals surface area contributed by atoms with Crippen molar-refractivity contribution in [2.45, 2.75) is 31.9 Å². The molecular weight excluding hydrogens is 190 g/mol. The molecule has 0 aromatic heterocycles. The molecule has 0 heterocycles. The minimum Gasteiger partial charge on any atom is -0.497 e. The Morgan fingerprint density at radius 1 is 1.47 bits per heavy atom. The fraction of sp³-hybridized carbons (Fsp3) is 0.500. The smallest absolute Gasteiger partial charge is 0.119 e. The fourth-order valence-electron chi connectivity index (χ4n) is 1.46. The summed E-state index contributed by atoms with van der Waals surface area (Å²) in [5.41, 5.74) is 6.80. The molecule has 0 bridgehead atoms. The normalized spacial score (nSPS) is 14.7. The lowest BCUT2D eigenvalue weighted by atomic mass is 10.0. The zero-order chi connectivity index (χ0) is 11.3. The summed E-state index contributed by atoms with van der Waals surface area (Å²) >= 11 is 0. The van der Waals surface area contributed by atoms with Gasteiger partial charge in [-0.15, -0.1) is 0 Å². The first-order chi connectivity index (χ1) is 7.17. The maximum Gasteiger partial charge on any atom is 0.119 e. The number of hydrogen-bond acceptors (Lipinski definition) is 3. The number of ether oxygens (including phenoxy) is 1. The van der Waals surface area contributed by atoms with Crippen LogP contribution < -0.4 is 10.5 Å². The molecule has 15 heavy (non-hydrogen) atoms. The average molecular weight is 209 g/mol. The van der Waals surface area contributed by atoms with Gasteiger partial charge in [0.15, 0.2) is 0 Å². The van der Waals surface area contributed by atoms with Gasteiger partial charge in [0.05, 0.1) is 13.2 Å². The van der Waals surface area contributed by atoms with Gasteiger partial charge in [0, 0.05) is 12.5 Å². The van der Waals surface area contributed by atoms with Crippen LogP contribution in [0.5, 0.6) is 5.75 Å². The molecule has 3 heteroatoms. The summed E-state index contributed by atoms with van der Waals surface area (Å²) in [4.78, 5) is 0. The Morgan fingerprint density at radius 3 is 2.80 bits per heavy atom. The van der Waals surface area contributed by atoms with Crippen molar-refractivity contribution in [2.24, 2.45) is 5.73 Å². The van der Waals surface area contributed by atoms with Crippen LogP contribution in [0, 0.1) is 0 Å². The standard InChI is InChI=1S/C12H19NO2/c1-3-11(13)12(14)8-9-5-4-6-10(7-9)15-2/h4-7,11-12,14H,3,8,13H2,1-2H3. The van der Waals surface area contributed by atoms with E-state index in [1.165, 1.54) is 0 Å². The highest BCUT2D eigenvalue weighted by Crippen LogP contribution is 2.14. The molecule has 1 aromatic carbocycles. The Balaban J connectivity index is 2.63. The second kappa shape index (κ2) is 5.73. The van der Waals surface area contributed by atoms with E-state index in [0.717, 1.165) is 17.7 Å². The predicted octanol–water partition coefficient (Wildman–Crippen LogP) is 1.34. The summed E-state index contributed by atoms with van der Waals surface area (Å²) in [6, 6.07) is 7.53. The van der Waals surface area contributed by atoms with Gasteiger partial charge in [-0.2, -0.15) is 0 Å². The molecule has 0 amide bonds. The maximum absolute atomic E-state index is 9.77. The van der Waals surface area contributed by atoms with E-state index in [0.29, 0.717) is 6.42 Å². The Morgan fingerprint density at radius 2 is 2.20 bits per heavy atom. The summed E-state index contributed by atoms with van der Waals surface area (Å²) in [5.74, 6) is 0.810. The number of aliphatic hydroxyl groups is 1. The van der Waals surface area contributed by atoms with Gasteiger partial charge in [-0.05, 0) is 24.1 Å². The molecule has 0 radical (unpaired) electrons. The monoisotopic (exact) mass is 209 g/mol. The first-order valence-electron chi connectivity index (χ1n) is 5.24. The van der Waals surface area contributed by atoms with Gasteiger partial charge in [-0.3, -0.25) is 0 Å². The van der Waals surface area contributed by atoms with Crippen LogP contribution in [-0.2, 0) is 6.42 Å². The van der Waals surface area contributed by atoms with E-state index in [1.807, 2.05) is 31.2 Å². The van der Waals surface area contributed by atoms with Crippen LogP contribution in [0.4, 0.5) is 0 Å². The highest BCUT2D eigenvalue weighted by Gasteiger charge is 2.13. The Bertz CT molecular complexity index is 301. The summed E-state index contributed by atoms with van der Waals surface area (Å²) in [7, 11) is 1.63. The van der Waals surface area contributed by atoms with Crippen LogP contribution in [0.3, 0.4) is 0 Å². The van der Waals surface area contributed by atoms with Gasteiger partial charge in [0.2, 0.25) is 0 Å². The molecule has 1 aromatic rings. The second-order valence-electron chi connectivity index (χ2n) is 3.70. The van der Waals surface area contributed by atoms with E-state index < -0.39 is 6.10 Å². The molecule has 1 rings (SSSR count). The van der Waals surface area contributed by atoms with Gasteiger partial charge in [0.25, 0.3) is 0 Å². The number of hydrogen-bond donors (Lipinski definition) is 2. The molecule has 0 aliphatic rings. The number of rotatable bonds is 5. The number of aliphatic hydroxyl groups excluding tert-OH is 1. The zero-order valence-electron chi connectivity index (χ0n) is 9.31. The number of nitrogens with two attached hydrogens (primary N) is 1. The van der Waals surface area contributed by atoms with Crippen molar-refractivity contribution < 1.29 is 9.84 Å². The zero-order valence-corrected chi connectivity index (χ0v) is 9.31. The van der Waals surface area contributed by atoms with E-state index >= 15 is 0 Å². The molecule has 0 spiro atoms. The van der Waals surface area contributed by atoms with Gasteiger partial charge in [0.1, 0.15) is 5.75 Å². The van der Waals surface area contributed by atoms with Crippen LogP contribution in [0.15, 0.2) is 24.3 Å². The van der Waals surface area contributed by atoms with E-state index in [2.05, 4.69) is 0 Å². The summed E-state index contributed by atoms with van der Waals surface area (Å²) < 4.78 is 5.11. The topological polar surface area (TPSA) is 55.5 Å². The first-order valence-corrected chi connectivity index (χ1v) is 5.24. The Kier molecular flexibility index (Phi) is 4.59. The molecule has 0 aliphatic carbocycles. The van der Waals surface area contributed by atoms with Crippen LogP contribution in [0.1, 0.15) is 18.9 Å². The Hall–Kier alpha value is -1.06. The van der Waals surface area contributed by atoms with Crippen LogP contribution in [0.2, 0.25) is 0 Å². The second-order valence-corrected chi connectivity index (χ2v) is 3.70. The molecular formula is C12H19NO2. The first kappa shape index (κ1) is 12.0. The summed E-state index contributed by atoms with van der Waals surface area (Å²) in [6.45, 7) is 1.97. The van der Waals surface area contributed by atoms with Crippen LogP contribution in [0.25, 0.3) is 0 Å². The molecule has 0 saturated heterocycles. The van der Waals surface area contributed by atoms with Gasteiger partial charge >= 0.3 is 0 Å². The van der Waals surface area contributed by atoms with E-state index in [-0.39, 0.29) is 6.04 Å². The quantitative estimate of drug-likeness (QED) is 0.769. The average Bonchev–Trinajstić information content (AvgIpc) is 2.28. The van der Waals surface area contributed by atoms with E-state index in [1.54, 1.807) is 7.11 Å². The lowest BCUT2D eigenvalue weighted by molar-refractivity contribution is 0.142. The molecule has 3 nitrogen and oxygen atoms in total. The predicted molar refractivity (Wildman–Crippen MR) is 61.0 cm³/mol. The number of benzene rings is 1. The van der Waals surface area contributed by atoms with Crippen molar-refractivity contribution in [1.82, 2.24) is 0 Å². The molecule has 3 N–H and O–H groups in total. The van der Waals surface area contributed by atoms with E-state index in [9.17, 15) is 5.11 Å². The summed E-state index contributed by atoms with van der Waals surface area (Å²) in [6.07, 6.45) is 0.874. The van der Waals surface area contributed by atoms with Crippen LogP contribution in [-0.4, -0.2) is 24.4 Å². The van der Waals surface area contributed by atoms with Gasteiger partial charge in [-0.1, -0.05) is 19.1 Å². The van der Waals surface area contributed by atoms with Crippen molar-refractivity contribution in [2.75, 3.05) is 7.11 Å². The van der Waals surface area contributed by atoms with Crippen molar-refractivity contribution in [1.29, 1.82) is 0 Å². The lowest BCUT2D eigenvalue weighted by Gasteiger charge is -2.17. The van der Waals surface area contributed by atoms with Gasteiger partial charge < -0.3 is 15.6 Å². The van der Waals surface area contributed by atoms with Crippen molar-refractivity contribution >= 4 is 0 Å². The summed E-state index contributed by atoms with van der Waals surface area (Å²) in [5, 5.41) is 9.77. The molecule has 0 aliphatic heterocycles. The maximum atomic E-state index is 9.77. The highest BCUT2D eigenvalue weighted by atomic mass is 16.5. The number of methoxy groups -OCH3 is 1. The van der Waals surface area contributed by atoms with Crippen LogP contribution >= 0.6 is 0 Å². The van der Waals surface area contributed by atoms with Crippen molar-refractivity contribution in [3.8, 4) is 5.75 Å².